The maximum Gasteiger partial charge on any atom is 0.170 e. The van der Waals surface area contributed by atoms with Gasteiger partial charge in [0.1, 0.15) is 11.6 Å². The number of aromatic hydroxyl groups is 1. The van der Waals surface area contributed by atoms with Gasteiger partial charge in [-0.25, -0.2) is 4.39 Å². The van der Waals surface area contributed by atoms with Gasteiger partial charge in [-0.15, -0.1) is 0 Å². The molecule has 5 heteroatoms. The Labute approximate surface area is 112 Å². The number of benzene rings is 1. The highest BCUT2D eigenvalue weighted by Crippen LogP contribution is 2.21. The van der Waals surface area contributed by atoms with E-state index in [2.05, 4.69) is 10.2 Å². The standard InChI is InChI=1S/C14H19FN2O2/c1-10(9-17-6-4-16-5-7-17)14(19)12-8-11(15)2-3-13(12)18/h2-3,8,10,16,18H,4-7,9H2,1H3. The van der Waals surface area contributed by atoms with E-state index in [1.807, 2.05) is 6.92 Å². The van der Waals surface area contributed by atoms with Crippen molar-refractivity contribution in [2.45, 2.75) is 6.92 Å². The molecule has 1 aromatic carbocycles. The van der Waals surface area contributed by atoms with Crippen LogP contribution in [0.25, 0.3) is 0 Å². The molecule has 1 aliphatic rings. The molecular formula is C14H19FN2O2. The molecule has 0 saturated carbocycles. The second-order valence-corrected chi connectivity index (χ2v) is 4.98. The lowest BCUT2D eigenvalue weighted by atomic mass is 9.97. The maximum atomic E-state index is 13.1. The zero-order chi connectivity index (χ0) is 13.8. The molecule has 0 aromatic heterocycles. The average molecular weight is 266 g/mol. The van der Waals surface area contributed by atoms with Gasteiger partial charge in [-0.3, -0.25) is 4.79 Å². The van der Waals surface area contributed by atoms with Crippen molar-refractivity contribution in [3.8, 4) is 5.75 Å². The van der Waals surface area contributed by atoms with Crippen LogP contribution in [0.4, 0.5) is 4.39 Å². The van der Waals surface area contributed by atoms with E-state index in [9.17, 15) is 14.3 Å². The molecule has 4 nitrogen and oxygen atoms in total. The number of phenolic OH excluding ortho intramolecular Hbond substituents is 1. The first-order valence-electron chi connectivity index (χ1n) is 6.53. The van der Waals surface area contributed by atoms with Crippen molar-refractivity contribution < 1.29 is 14.3 Å². The predicted molar refractivity (Wildman–Crippen MR) is 70.9 cm³/mol. The van der Waals surface area contributed by atoms with Crippen LogP contribution in [0.1, 0.15) is 17.3 Å². The Kier molecular flexibility index (Phi) is 4.50. The Bertz CT molecular complexity index is 459. The second kappa shape index (κ2) is 6.12. The summed E-state index contributed by atoms with van der Waals surface area (Å²) in [6.45, 7) is 6.11. The van der Waals surface area contributed by atoms with Gasteiger partial charge < -0.3 is 15.3 Å². The molecule has 1 fully saturated rings. The van der Waals surface area contributed by atoms with Gasteiger partial charge in [0.25, 0.3) is 0 Å². The van der Waals surface area contributed by atoms with Crippen LogP contribution < -0.4 is 5.32 Å². The Morgan fingerprint density at radius 3 is 2.84 bits per heavy atom. The number of Topliss-reactive ketones (excluding diaryl/α,β-unsaturated/α-hetero) is 1. The Balaban J connectivity index is 2.03. The third-order valence-electron chi connectivity index (χ3n) is 3.41. The summed E-state index contributed by atoms with van der Waals surface area (Å²) in [6, 6.07) is 3.47. The fraction of sp³-hybridized carbons (Fsp3) is 0.500. The van der Waals surface area contributed by atoms with Gasteiger partial charge in [-0.2, -0.15) is 0 Å². The number of carbonyl (C=O) groups excluding carboxylic acids is 1. The van der Waals surface area contributed by atoms with Gasteiger partial charge in [0.05, 0.1) is 5.56 Å². The summed E-state index contributed by atoms with van der Waals surface area (Å²) in [7, 11) is 0. The Morgan fingerprint density at radius 1 is 1.47 bits per heavy atom. The smallest absolute Gasteiger partial charge is 0.170 e. The quantitative estimate of drug-likeness (QED) is 0.806. The van der Waals surface area contributed by atoms with Gasteiger partial charge >= 0.3 is 0 Å². The van der Waals surface area contributed by atoms with Crippen molar-refractivity contribution in [3.05, 3.63) is 29.6 Å². The largest absolute Gasteiger partial charge is 0.507 e. The SMILES string of the molecule is CC(CN1CCNCC1)C(=O)c1cc(F)ccc1O. The fourth-order valence-corrected chi connectivity index (χ4v) is 2.34. The highest BCUT2D eigenvalue weighted by atomic mass is 19.1. The molecule has 19 heavy (non-hydrogen) atoms. The summed E-state index contributed by atoms with van der Waals surface area (Å²) >= 11 is 0. The van der Waals surface area contributed by atoms with Crippen molar-refractivity contribution in [2.24, 2.45) is 5.92 Å². The lowest BCUT2D eigenvalue weighted by Gasteiger charge is -2.29. The molecule has 0 spiro atoms. The van der Waals surface area contributed by atoms with Gasteiger partial charge in [-0.1, -0.05) is 6.92 Å². The number of nitrogens with zero attached hydrogens (tertiary/aromatic N) is 1. The van der Waals surface area contributed by atoms with Crippen LogP contribution in [0.3, 0.4) is 0 Å². The first kappa shape index (κ1) is 14.0. The van der Waals surface area contributed by atoms with Crippen LogP contribution in [0.5, 0.6) is 5.75 Å². The van der Waals surface area contributed by atoms with Crippen LogP contribution in [-0.2, 0) is 0 Å². The van der Waals surface area contributed by atoms with Gasteiger partial charge in [-0.05, 0) is 18.2 Å². The van der Waals surface area contributed by atoms with Gasteiger partial charge in [0.2, 0.25) is 0 Å². The molecule has 2 N–H and O–H groups in total. The molecule has 1 aromatic rings. The molecule has 1 aliphatic heterocycles. The van der Waals surface area contributed by atoms with Crippen molar-refractivity contribution in [1.82, 2.24) is 10.2 Å². The molecule has 0 aliphatic carbocycles. The van der Waals surface area contributed by atoms with Crippen LogP contribution in [0.2, 0.25) is 0 Å². The fourth-order valence-electron chi connectivity index (χ4n) is 2.34. The first-order chi connectivity index (χ1) is 9.08. The molecule has 1 unspecified atom stereocenters. The number of hydrogen-bond donors (Lipinski definition) is 2. The number of nitrogens with one attached hydrogen (secondary N) is 1. The third-order valence-corrected chi connectivity index (χ3v) is 3.41. The minimum absolute atomic E-state index is 0.0719. The third kappa shape index (κ3) is 3.52. The van der Waals surface area contributed by atoms with E-state index in [0.29, 0.717) is 6.54 Å². The van der Waals surface area contributed by atoms with Crippen LogP contribution in [0, 0.1) is 11.7 Å². The molecule has 104 valence electrons. The van der Waals surface area contributed by atoms with Crippen LogP contribution in [0.15, 0.2) is 18.2 Å². The minimum Gasteiger partial charge on any atom is -0.507 e. The van der Waals surface area contributed by atoms with Crippen LogP contribution >= 0.6 is 0 Å². The lowest BCUT2D eigenvalue weighted by Crippen LogP contribution is -2.45. The molecule has 0 bridgehead atoms. The van der Waals surface area contributed by atoms with E-state index in [-0.39, 0.29) is 23.0 Å². The first-order valence-corrected chi connectivity index (χ1v) is 6.53. The van der Waals surface area contributed by atoms with E-state index in [1.54, 1.807) is 0 Å². The average Bonchev–Trinajstić information content (AvgIpc) is 2.42. The zero-order valence-corrected chi connectivity index (χ0v) is 11.0. The van der Waals surface area contributed by atoms with E-state index in [0.717, 1.165) is 38.3 Å². The van der Waals surface area contributed by atoms with Crippen LogP contribution in [-0.4, -0.2) is 48.5 Å². The second-order valence-electron chi connectivity index (χ2n) is 4.98. The lowest BCUT2D eigenvalue weighted by molar-refractivity contribution is 0.0884. The monoisotopic (exact) mass is 266 g/mol. The Morgan fingerprint density at radius 2 is 2.16 bits per heavy atom. The van der Waals surface area contributed by atoms with Crippen molar-refractivity contribution in [2.75, 3.05) is 32.7 Å². The number of halogens is 1. The summed E-state index contributed by atoms with van der Waals surface area (Å²) in [6.07, 6.45) is 0. The number of rotatable bonds is 4. The summed E-state index contributed by atoms with van der Waals surface area (Å²) in [5.74, 6) is -1.13. The number of phenols is 1. The highest BCUT2D eigenvalue weighted by molar-refractivity contribution is 6.00. The molecular weight excluding hydrogens is 247 g/mol. The summed E-state index contributed by atoms with van der Waals surface area (Å²) in [4.78, 5) is 14.4. The minimum atomic E-state index is -0.504. The van der Waals surface area contributed by atoms with E-state index in [1.165, 1.54) is 6.07 Å². The number of carbonyl (C=O) groups is 1. The zero-order valence-electron chi connectivity index (χ0n) is 11.0. The number of piperazine rings is 1. The summed E-state index contributed by atoms with van der Waals surface area (Å²) in [5.41, 5.74) is 0.0719. The highest BCUT2D eigenvalue weighted by Gasteiger charge is 2.22. The Hall–Kier alpha value is -1.46. The maximum absolute atomic E-state index is 13.1. The molecule has 0 amide bonds. The number of ketones is 1. The summed E-state index contributed by atoms with van der Waals surface area (Å²) in [5, 5.41) is 12.9. The molecule has 1 saturated heterocycles. The molecule has 2 rings (SSSR count). The summed E-state index contributed by atoms with van der Waals surface area (Å²) < 4.78 is 13.1. The normalized spacial score (nSPS) is 18.2. The molecule has 1 atom stereocenters. The van der Waals surface area contributed by atoms with E-state index < -0.39 is 5.82 Å². The van der Waals surface area contributed by atoms with Gasteiger partial charge in [0, 0.05) is 38.6 Å². The topological polar surface area (TPSA) is 52.6 Å². The van der Waals surface area contributed by atoms with Crippen molar-refractivity contribution in [1.29, 1.82) is 0 Å². The van der Waals surface area contributed by atoms with Crippen molar-refractivity contribution in [3.63, 3.8) is 0 Å². The molecule has 0 radical (unpaired) electrons. The van der Waals surface area contributed by atoms with Gasteiger partial charge in [0.15, 0.2) is 5.78 Å². The van der Waals surface area contributed by atoms with E-state index >= 15 is 0 Å². The molecule has 1 heterocycles. The predicted octanol–water partition coefficient (Wildman–Crippen LogP) is 1.26. The number of hydrogen-bond acceptors (Lipinski definition) is 4. The van der Waals surface area contributed by atoms with Crippen molar-refractivity contribution >= 4 is 5.78 Å². The van der Waals surface area contributed by atoms with E-state index in [4.69, 9.17) is 0 Å².